The summed E-state index contributed by atoms with van der Waals surface area (Å²) in [5.74, 6) is 3.94. The summed E-state index contributed by atoms with van der Waals surface area (Å²) >= 11 is 2.23. The van der Waals surface area contributed by atoms with E-state index in [9.17, 15) is 0 Å². The molecule has 3 heteroatoms. The Hall–Kier alpha value is 0.270. The quantitative estimate of drug-likeness (QED) is 0.485. The van der Waals surface area contributed by atoms with Gasteiger partial charge in [0.05, 0.1) is 12.2 Å². The van der Waals surface area contributed by atoms with E-state index in [0.29, 0.717) is 12.2 Å². The van der Waals surface area contributed by atoms with Gasteiger partial charge in [0.15, 0.2) is 0 Å². The van der Waals surface area contributed by atoms with Crippen LogP contribution in [0.3, 0.4) is 0 Å². The monoisotopic (exact) mass is 342 g/mol. The molecule has 0 aromatic rings. The molecule has 0 N–H and O–H groups in total. The third-order valence-corrected chi connectivity index (χ3v) is 7.58. The Morgan fingerprint density at radius 3 is 2.70 bits per heavy atom. The summed E-state index contributed by atoms with van der Waals surface area (Å²) in [4.78, 5) is 0. The Balaban J connectivity index is 1.73. The molecule has 6 atom stereocenters. The van der Waals surface area contributed by atoms with Gasteiger partial charge in [-0.15, -0.1) is 0 Å². The van der Waals surface area contributed by atoms with Gasteiger partial charge in [-0.1, -0.05) is 27.2 Å². The highest BCUT2D eigenvalue weighted by molar-refractivity contribution is 8.00. The molecule has 2 aliphatic rings. The third kappa shape index (κ3) is 5.64. The first-order valence-electron chi connectivity index (χ1n) is 10.0. The van der Waals surface area contributed by atoms with Crippen molar-refractivity contribution < 1.29 is 9.47 Å². The molecule has 1 heterocycles. The zero-order valence-corrected chi connectivity index (χ0v) is 16.6. The fraction of sp³-hybridized carbons (Fsp3) is 1.00. The summed E-state index contributed by atoms with van der Waals surface area (Å²) in [5, 5.41) is 0.840. The van der Waals surface area contributed by atoms with Gasteiger partial charge in [-0.3, -0.25) is 0 Å². The smallest absolute Gasteiger partial charge is 0.0611 e. The number of fused-ring (bicyclic) bond motifs is 1. The zero-order valence-electron chi connectivity index (χ0n) is 15.8. The van der Waals surface area contributed by atoms with Crippen LogP contribution in [0.25, 0.3) is 0 Å². The van der Waals surface area contributed by atoms with Crippen LogP contribution in [-0.2, 0) is 9.47 Å². The fourth-order valence-electron chi connectivity index (χ4n) is 4.29. The lowest BCUT2D eigenvalue weighted by molar-refractivity contribution is -0.0182. The van der Waals surface area contributed by atoms with E-state index in [1.165, 1.54) is 44.3 Å². The fourth-order valence-corrected chi connectivity index (χ4v) is 6.25. The minimum absolute atomic E-state index is 0.437. The molecule has 0 aromatic heterocycles. The minimum Gasteiger partial charge on any atom is -0.379 e. The summed E-state index contributed by atoms with van der Waals surface area (Å²) in [6.45, 7) is 11.0. The van der Waals surface area contributed by atoms with Gasteiger partial charge >= 0.3 is 0 Å². The van der Waals surface area contributed by atoms with Gasteiger partial charge in [0.25, 0.3) is 0 Å². The van der Waals surface area contributed by atoms with Crippen molar-refractivity contribution >= 4 is 11.8 Å². The third-order valence-electron chi connectivity index (χ3n) is 5.80. The molecule has 1 saturated carbocycles. The molecule has 2 rings (SSSR count). The Morgan fingerprint density at radius 1 is 1.13 bits per heavy atom. The van der Waals surface area contributed by atoms with Crippen LogP contribution in [0.4, 0.5) is 0 Å². The van der Waals surface area contributed by atoms with E-state index in [0.717, 1.165) is 42.6 Å². The van der Waals surface area contributed by atoms with Crippen molar-refractivity contribution in [3.05, 3.63) is 0 Å². The van der Waals surface area contributed by atoms with Crippen LogP contribution in [-0.4, -0.2) is 36.4 Å². The lowest BCUT2D eigenvalue weighted by Gasteiger charge is -2.39. The van der Waals surface area contributed by atoms with E-state index in [1.807, 2.05) is 0 Å². The number of unbranched alkanes of at least 4 members (excludes halogenated alkanes) is 1. The molecule has 6 unspecified atom stereocenters. The van der Waals surface area contributed by atoms with Crippen molar-refractivity contribution in [2.45, 2.75) is 90.1 Å². The van der Waals surface area contributed by atoms with Crippen LogP contribution in [0.5, 0.6) is 0 Å². The molecule has 0 amide bonds. The SMILES string of the molecule is CCCCOC(C)CCC1CSC2C(C)C(OCCC)CCC12. The summed E-state index contributed by atoms with van der Waals surface area (Å²) < 4.78 is 12.0. The standard InChI is InChI=1S/C20H38O2S/c1-5-7-13-21-15(3)8-9-17-14-23-20-16(4)19(22-12-6-2)11-10-18(17)20/h15-20H,5-14H2,1-4H3. The topological polar surface area (TPSA) is 18.5 Å². The number of thioether (sulfide) groups is 1. The van der Waals surface area contributed by atoms with Crippen molar-refractivity contribution in [1.82, 2.24) is 0 Å². The van der Waals surface area contributed by atoms with Gasteiger partial charge in [0.2, 0.25) is 0 Å². The molecule has 1 aliphatic carbocycles. The predicted molar refractivity (Wildman–Crippen MR) is 101 cm³/mol. The number of hydrogen-bond donors (Lipinski definition) is 0. The molecule has 1 aliphatic heterocycles. The summed E-state index contributed by atoms with van der Waals surface area (Å²) in [5.41, 5.74) is 0. The Labute approximate surface area is 148 Å². The summed E-state index contributed by atoms with van der Waals surface area (Å²) in [6, 6.07) is 0. The van der Waals surface area contributed by atoms with Crippen molar-refractivity contribution in [3.8, 4) is 0 Å². The Morgan fingerprint density at radius 2 is 1.96 bits per heavy atom. The van der Waals surface area contributed by atoms with Gasteiger partial charge in [-0.25, -0.2) is 0 Å². The highest BCUT2D eigenvalue weighted by Crippen LogP contribution is 2.50. The van der Waals surface area contributed by atoms with Gasteiger partial charge < -0.3 is 9.47 Å². The number of ether oxygens (including phenoxy) is 2. The molecular weight excluding hydrogens is 304 g/mol. The van der Waals surface area contributed by atoms with Crippen LogP contribution in [0.15, 0.2) is 0 Å². The van der Waals surface area contributed by atoms with Gasteiger partial charge in [-0.2, -0.15) is 11.8 Å². The van der Waals surface area contributed by atoms with Crippen LogP contribution in [0.2, 0.25) is 0 Å². The minimum atomic E-state index is 0.437. The van der Waals surface area contributed by atoms with Gasteiger partial charge in [0.1, 0.15) is 0 Å². The molecule has 0 bridgehead atoms. The van der Waals surface area contributed by atoms with E-state index >= 15 is 0 Å². The lowest BCUT2D eigenvalue weighted by Crippen LogP contribution is -2.39. The van der Waals surface area contributed by atoms with Crippen molar-refractivity contribution in [2.75, 3.05) is 19.0 Å². The second-order valence-electron chi connectivity index (χ2n) is 7.68. The van der Waals surface area contributed by atoms with Crippen molar-refractivity contribution in [1.29, 1.82) is 0 Å². The average Bonchev–Trinajstić information content (AvgIpc) is 2.96. The van der Waals surface area contributed by atoms with Gasteiger partial charge in [-0.05, 0) is 69.0 Å². The first kappa shape index (κ1) is 19.6. The van der Waals surface area contributed by atoms with Crippen molar-refractivity contribution in [3.63, 3.8) is 0 Å². The van der Waals surface area contributed by atoms with Crippen LogP contribution < -0.4 is 0 Å². The zero-order chi connectivity index (χ0) is 16.7. The first-order valence-corrected chi connectivity index (χ1v) is 11.1. The second-order valence-corrected chi connectivity index (χ2v) is 8.89. The lowest BCUT2D eigenvalue weighted by atomic mass is 9.73. The highest BCUT2D eigenvalue weighted by atomic mass is 32.2. The molecule has 1 saturated heterocycles. The predicted octanol–water partition coefficient (Wildman–Crippen LogP) is 5.54. The van der Waals surface area contributed by atoms with Crippen LogP contribution >= 0.6 is 11.8 Å². The number of rotatable bonds is 10. The molecule has 136 valence electrons. The molecular formula is C20H38O2S. The van der Waals surface area contributed by atoms with E-state index in [1.54, 1.807) is 0 Å². The van der Waals surface area contributed by atoms with E-state index < -0.39 is 0 Å². The van der Waals surface area contributed by atoms with Crippen LogP contribution in [0.1, 0.15) is 72.6 Å². The molecule has 0 radical (unpaired) electrons. The molecule has 2 nitrogen and oxygen atoms in total. The van der Waals surface area contributed by atoms with Crippen LogP contribution in [0, 0.1) is 17.8 Å². The Kier molecular flexibility index (Phi) is 8.78. The maximum atomic E-state index is 6.11. The largest absolute Gasteiger partial charge is 0.379 e. The average molecular weight is 343 g/mol. The summed E-state index contributed by atoms with van der Waals surface area (Å²) in [7, 11) is 0. The molecule has 0 spiro atoms. The molecule has 0 aromatic carbocycles. The maximum absolute atomic E-state index is 6.11. The van der Waals surface area contributed by atoms with E-state index in [-0.39, 0.29) is 0 Å². The highest BCUT2D eigenvalue weighted by Gasteiger charge is 2.45. The van der Waals surface area contributed by atoms with Gasteiger partial charge in [0, 0.05) is 18.5 Å². The van der Waals surface area contributed by atoms with E-state index in [4.69, 9.17) is 9.47 Å². The summed E-state index contributed by atoms with van der Waals surface area (Å²) in [6.07, 6.45) is 9.78. The molecule has 2 fully saturated rings. The second kappa shape index (κ2) is 10.3. The van der Waals surface area contributed by atoms with E-state index in [2.05, 4.69) is 39.5 Å². The molecule has 23 heavy (non-hydrogen) atoms. The maximum Gasteiger partial charge on any atom is 0.0611 e. The Bertz CT molecular complexity index is 323. The van der Waals surface area contributed by atoms with Crippen molar-refractivity contribution in [2.24, 2.45) is 17.8 Å². The first-order chi connectivity index (χ1) is 11.2. The normalized spacial score (nSPS) is 35.2. The number of hydrogen-bond acceptors (Lipinski definition) is 3.